The quantitative estimate of drug-likeness (QED) is 0.185. The lowest BCUT2D eigenvalue weighted by atomic mass is 9.86. The number of hydrogen-bond donors (Lipinski definition) is 3. The second-order valence-electron chi connectivity index (χ2n) is 8.04. The Labute approximate surface area is 194 Å². The van der Waals surface area contributed by atoms with E-state index < -0.39 is 5.60 Å². The van der Waals surface area contributed by atoms with Crippen molar-refractivity contribution >= 4 is 17.7 Å². The number of nitriles is 1. The Hall–Kier alpha value is -3.64. The molecule has 3 N–H and O–H groups in total. The monoisotopic (exact) mass is 450 g/mol. The van der Waals surface area contributed by atoms with Crippen LogP contribution in [-0.4, -0.2) is 52.3 Å². The molecule has 0 bridgehead atoms. The van der Waals surface area contributed by atoms with Crippen molar-refractivity contribution in [1.29, 1.82) is 5.26 Å². The second-order valence-corrected chi connectivity index (χ2v) is 8.04. The highest BCUT2D eigenvalue weighted by atomic mass is 16.6. The Morgan fingerprint density at radius 1 is 1.21 bits per heavy atom. The van der Waals surface area contributed by atoms with Gasteiger partial charge in [0, 0.05) is 25.8 Å². The summed E-state index contributed by atoms with van der Waals surface area (Å²) in [6, 6.07) is 13.2. The van der Waals surface area contributed by atoms with Gasteiger partial charge in [0.05, 0.1) is 17.5 Å². The molecule has 1 saturated heterocycles. The van der Waals surface area contributed by atoms with Crippen molar-refractivity contribution in [3.8, 4) is 6.19 Å². The number of piperidine rings is 1. The number of amides is 1. The van der Waals surface area contributed by atoms with E-state index in [9.17, 15) is 9.90 Å². The number of nitrogens with zero attached hydrogens (tertiary/aromatic N) is 4. The number of likely N-dealkylation sites (tertiary alicyclic amines) is 1. The number of rotatable bonds is 8. The molecule has 3 rings (SSSR count). The number of anilines is 1. The number of pyridine rings is 1. The molecule has 1 aromatic heterocycles. The van der Waals surface area contributed by atoms with Crippen LogP contribution in [0.5, 0.6) is 0 Å². The van der Waals surface area contributed by atoms with Crippen molar-refractivity contribution in [3.63, 3.8) is 0 Å². The van der Waals surface area contributed by atoms with Crippen LogP contribution < -0.4 is 10.6 Å². The number of aliphatic hydroxyl groups is 1. The molecule has 1 aliphatic rings. The summed E-state index contributed by atoms with van der Waals surface area (Å²) < 4.78 is 5.39. The largest absolute Gasteiger partial charge is 0.445 e. The molecule has 0 atom stereocenters. The summed E-state index contributed by atoms with van der Waals surface area (Å²) in [6.45, 7) is 1.73. The van der Waals surface area contributed by atoms with E-state index in [1.165, 1.54) is 0 Å². The van der Waals surface area contributed by atoms with Crippen molar-refractivity contribution in [2.24, 2.45) is 4.99 Å². The third-order valence-electron chi connectivity index (χ3n) is 5.58. The van der Waals surface area contributed by atoms with Crippen LogP contribution in [-0.2, 0) is 11.3 Å². The highest BCUT2D eigenvalue weighted by molar-refractivity contribution is 5.94. The fraction of sp³-hybridized carbons (Fsp3) is 0.417. The Morgan fingerprint density at radius 2 is 2.00 bits per heavy atom. The van der Waals surface area contributed by atoms with Gasteiger partial charge in [-0.1, -0.05) is 30.3 Å². The second kappa shape index (κ2) is 12.4. The third kappa shape index (κ3) is 8.09. The average Bonchev–Trinajstić information content (AvgIpc) is 2.84. The number of unbranched alkanes of at least 4 members (excludes halogenated alkanes) is 1. The minimum Gasteiger partial charge on any atom is -0.445 e. The molecule has 1 amide bonds. The lowest BCUT2D eigenvalue weighted by molar-refractivity contribution is -0.0284. The SMILES string of the molecule is N#CNC(=NCCCCC1(O)CCN(C(=O)OCc2ccccc2)CC1)Nc1cccnc1. The van der Waals surface area contributed by atoms with Crippen LogP contribution in [0.15, 0.2) is 59.9 Å². The molecule has 0 unspecified atom stereocenters. The molecule has 1 aliphatic heterocycles. The van der Waals surface area contributed by atoms with Gasteiger partial charge in [0.15, 0.2) is 6.19 Å². The lowest BCUT2D eigenvalue weighted by Crippen LogP contribution is -2.46. The minimum atomic E-state index is -0.776. The van der Waals surface area contributed by atoms with Crippen LogP contribution in [0, 0.1) is 11.5 Å². The van der Waals surface area contributed by atoms with Gasteiger partial charge in [0.1, 0.15) is 6.61 Å². The van der Waals surface area contributed by atoms with E-state index >= 15 is 0 Å². The molecule has 0 radical (unpaired) electrons. The normalized spacial score (nSPS) is 15.4. The first-order valence-electron chi connectivity index (χ1n) is 11.1. The topological polar surface area (TPSA) is 123 Å². The zero-order valence-corrected chi connectivity index (χ0v) is 18.6. The number of nitrogens with one attached hydrogen (secondary N) is 2. The maximum Gasteiger partial charge on any atom is 0.410 e. The summed E-state index contributed by atoms with van der Waals surface area (Å²) in [4.78, 5) is 22.4. The number of hydrogen-bond acceptors (Lipinski definition) is 6. The van der Waals surface area contributed by atoms with Crippen molar-refractivity contribution < 1.29 is 14.6 Å². The summed E-state index contributed by atoms with van der Waals surface area (Å²) in [7, 11) is 0. The van der Waals surface area contributed by atoms with Gasteiger partial charge in [-0.3, -0.25) is 15.3 Å². The van der Waals surface area contributed by atoms with Gasteiger partial charge in [-0.25, -0.2) is 4.79 Å². The van der Waals surface area contributed by atoms with E-state index in [0.29, 0.717) is 44.9 Å². The number of benzene rings is 1. The van der Waals surface area contributed by atoms with Crippen LogP contribution in [0.1, 0.15) is 37.7 Å². The standard InChI is InChI=1S/C24H30N6O3/c25-19-28-22(29-21-9-6-13-26-17-21)27-14-5-4-10-24(32)11-15-30(16-12-24)23(31)33-18-20-7-2-1-3-8-20/h1-3,6-9,13,17,32H,4-5,10-12,14-16,18H2,(H2,27,28,29). The molecular formula is C24H30N6O3. The Kier molecular flexibility index (Phi) is 9.03. The van der Waals surface area contributed by atoms with E-state index in [1.54, 1.807) is 23.4 Å². The van der Waals surface area contributed by atoms with Crippen LogP contribution >= 0.6 is 0 Å². The number of ether oxygens (including phenoxy) is 1. The van der Waals surface area contributed by atoms with E-state index in [2.05, 4.69) is 20.6 Å². The molecule has 0 saturated carbocycles. The zero-order valence-electron chi connectivity index (χ0n) is 18.6. The Morgan fingerprint density at radius 3 is 2.70 bits per heavy atom. The molecule has 1 fully saturated rings. The van der Waals surface area contributed by atoms with E-state index in [4.69, 9.17) is 10.00 Å². The van der Waals surface area contributed by atoms with Crippen molar-refractivity contribution in [2.75, 3.05) is 25.0 Å². The van der Waals surface area contributed by atoms with E-state index in [0.717, 1.165) is 24.1 Å². The van der Waals surface area contributed by atoms with Crippen LogP contribution in [0.25, 0.3) is 0 Å². The van der Waals surface area contributed by atoms with Gasteiger partial charge < -0.3 is 20.1 Å². The van der Waals surface area contributed by atoms with Crippen molar-refractivity contribution in [1.82, 2.24) is 15.2 Å². The molecule has 174 valence electrons. The third-order valence-corrected chi connectivity index (χ3v) is 5.58. The molecular weight excluding hydrogens is 420 g/mol. The molecule has 0 aliphatic carbocycles. The molecule has 2 heterocycles. The Bertz CT molecular complexity index is 938. The van der Waals surface area contributed by atoms with E-state index in [-0.39, 0.29) is 12.7 Å². The highest BCUT2D eigenvalue weighted by Gasteiger charge is 2.33. The zero-order chi connectivity index (χ0) is 23.4. The summed E-state index contributed by atoms with van der Waals surface area (Å²) in [6.07, 6.45) is 8.12. The number of aliphatic imine (C=N–C) groups is 1. The van der Waals surface area contributed by atoms with E-state index in [1.807, 2.05) is 42.6 Å². The number of carbonyl (C=O) groups excluding carboxylic acids is 1. The smallest absolute Gasteiger partial charge is 0.410 e. The predicted octanol–water partition coefficient (Wildman–Crippen LogP) is 3.25. The Balaban J connectivity index is 1.35. The number of guanidine groups is 1. The average molecular weight is 451 g/mol. The predicted molar refractivity (Wildman–Crippen MR) is 125 cm³/mol. The highest BCUT2D eigenvalue weighted by Crippen LogP contribution is 2.28. The summed E-state index contributed by atoms with van der Waals surface area (Å²) in [5.41, 5.74) is 0.912. The fourth-order valence-electron chi connectivity index (χ4n) is 3.66. The first-order valence-corrected chi connectivity index (χ1v) is 11.1. The minimum absolute atomic E-state index is 0.249. The first-order chi connectivity index (χ1) is 16.1. The maximum atomic E-state index is 12.3. The number of carbonyl (C=O) groups is 1. The van der Waals surface area contributed by atoms with Gasteiger partial charge in [-0.2, -0.15) is 5.26 Å². The van der Waals surface area contributed by atoms with Crippen LogP contribution in [0.2, 0.25) is 0 Å². The summed E-state index contributed by atoms with van der Waals surface area (Å²) in [5, 5.41) is 25.3. The lowest BCUT2D eigenvalue weighted by Gasteiger charge is -2.37. The molecule has 1 aromatic carbocycles. The summed E-state index contributed by atoms with van der Waals surface area (Å²) >= 11 is 0. The van der Waals surface area contributed by atoms with Crippen molar-refractivity contribution in [2.45, 2.75) is 44.3 Å². The molecule has 33 heavy (non-hydrogen) atoms. The van der Waals surface area contributed by atoms with Gasteiger partial charge >= 0.3 is 6.09 Å². The van der Waals surface area contributed by atoms with Gasteiger partial charge in [0.25, 0.3) is 0 Å². The molecule has 9 nitrogen and oxygen atoms in total. The molecule has 9 heteroatoms. The van der Waals surface area contributed by atoms with Crippen LogP contribution in [0.4, 0.5) is 10.5 Å². The number of aromatic nitrogens is 1. The van der Waals surface area contributed by atoms with Gasteiger partial charge in [0.2, 0.25) is 5.96 Å². The maximum absolute atomic E-state index is 12.3. The molecule has 0 spiro atoms. The first kappa shape index (κ1) is 24.0. The van der Waals surface area contributed by atoms with Crippen LogP contribution in [0.3, 0.4) is 0 Å². The van der Waals surface area contributed by atoms with Crippen molar-refractivity contribution in [3.05, 3.63) is 60.4 Å². The van der Waals surface area contributed by atoms with Gasteiger partial charge in [-0.05, 0) is 49.8 Å². The molecule has 2 aromatic rings. The fourth-order valence-corrected chi connectivity index (χ4v) is 3.66. The summed E-state index contributed by atoms with van der Waals surface area (Å²) in [5.74, 6) is 0.367. The van der Waals surface area contributed by atoms with Gasteiger partial charge in [-0.15, -0.1) is 0 Å².